The minimum absolute atomic E-state index is 0.00755. The Kier molecular flexibility index (Phi) is 4.69. The third-order valence-corrected chi connectivity index (χ3v) is 3.65. The maximum absolute atomic E-state index is 11.4. The molecular formula is C16H24O2. The monoisotopic (exact) mass is 248 g/mol. The van der Waals surface area contributed by atoms with Crippen molar-refractivity contribution < 1.29 is 9.90 Å². The van der Waals surface area contributed by atoms with E-state index in [9.17, 15) is 9.90 Å². The van der Waals surface area contributed by atoms with E-state index in [-0.39, 0.29) is 11.2 Å². The summed E-state index contributed by atoms with van der Waals surface area (Å²) in [6, 6.07) is 0. The molecule has 0 saturated heterocycles. The van der Waals surface area contributed by atoms with Gasteiger partial charge in [0.1, 0.15) is 0 Å². The van der Waals surface area contributed by atoms with Crippen molar-refractivity contribution >= 4 is 5.78 Å². The Morgan fingerprint density at radius 2 is 2.11 bits per heavy atom. The number of hydrogen-bond acceptors (Lipinski definition) is 2. The molecule has 1 aliphatic carbocycles. The maximum atomic E-state index is 11.4. The second-order valence-electron chi connectivity index (χ2n) is 5.78. The van der Waals surface area contributed by atoms with Gasteiger partial charge in [-0.05, 0) is 55.7 Å². The standard InChI is InChI=1S/C16H24O2/c1-6-14(18)13(10-12(3)17)15-11(2)8-7-9-16(15,4)5/h6,10,14,18H,1,7-9H2,2-5H3/b13-10+. The van der Waals surface area contributed by atoms with E-state index in [0.717, 1.165) is 24.0 Å². The number of carbonyl (C=O) groups excluding carboxylic acids is 1. The lowest BCUT2D eigenvalue weighted by Gasteiger charge is -2.37. The van der Waals surface area contributed by atoms with Gasteiger partial charge in [0.25, 0.3) is 0 Å². The summed E-state index contributed by atoms with van der Waals surface area (Å²) in [5, 5.41) is 10.1. The summed E-state index contributed by atoms with van der Waals surface area (Å²) < 4.78 is 0. The van der Waals surface area contributed by atoms with Crippen LogP contribution in [0.5, 0.6) is 0 Å². The normalized spacial score (nSPS) is 21.7. The quantitative estimate of drug-likeness (QED) is 0.610. The molecule has 1 aliphatic rings. The van der Waals surface area contributed by atoms with E-state index in [1.807, 2.05) is 0 Å². The molecule has 0 aliphatic heterocycles. The van der Waals surface area contributed by atoms with Crippen LogP contribution in [0, 0.1) is 5.41 Å². The van der Waals surface area contributed by atoms with Crippen LogP contribution in [0.4, 0.5) is 0 Å². The molecule has 0 bridgehead atoms. The molecule has 1 unspecified atom stereocenters. The van der Waals surface area contributed by atoms with Gasteiger partial charge in [-0.25, -0.2) is 0 Å². The Hall–Kier alpha value is -1.15. The van der Waals surface area contributed by atoms with Crippen LogP contribution < -0.4 is 0 Å². The SMILES string of the molecule is C=CC(O)/C(=C\C(C)=O)C1=C(C)CCCC1(C)C. The third kappa shape index (κ3) is 3.20. The first-order chi connectivity index (χ1) is 8.29. The van der Waals surface area contributed by atoms with Gasteiger partial charge in [-0.1, -0.05) is 25.5 Å². The first-order valence-electron chi connectivity index (χ1n) is 6.53. The molecule has 18 heavy (non-hydrogen) atoms. The number of carbonyl (C=O) groups is 1. The molecule has 0 spiro atoms. The minimum Gasteiger partial charge on any atom is -0.384 e. The predicted octanol–water partition coefficient (Wildman–Crippen LogP) is 3.58. The summed E-state index contributed by atoms with van der Waals surface area (Å²) in [5.74, 6) is -0.0347. The molecular weight excluding hydrogens is 224 g/mol. The van der Waals surface area contributed by atoms with Crippen molar-refractivity contribution in [2.75, 3.05) is 0 Å². The molecule has 1 N–H and O–H groups in total. The van der Waals surface area contributed by atoms with E-state index in [1.165, 1.54) is 25.0 Å². The molecule has 0 fully saturated rings. The van der Waals surface area contributed by atoms with Crippen molar-refractivity contribution in [3.63, 3.8) is 0 Å². The fourth-order valence-electron chi connectivity index (χ4n) is 2.91. The molecule has 0 radical (unpaired) electrons. The van der Waals surface area contributed by atoms with Crippen LogP contribution in [0.15, 0.2) is 35.5 Å². The van der Waals surface area contributed by atoms with E-state index < -0.39 is 6.10 Å². The summed E-state index contributed by atoms with van der Waals surface area (Å²) in [5.41, 5.74) is 3.14. The van der Waals surface area contributed by atoms with E-state index in [2.05, 4.69) is 27.4 Å². The van der Waals surface area contributed by atoms with Gasteiger partial charge in [0.2, 0.25) is 0 Å². The van der Waals surface area contributed by atoms with E-state index in [1.54, 1.807) is 6.08 Å². The van der Waals surface area contributed by atoms with Crippen LogP contribution in [0.2, 0.25) is 0 Å². The highest BCUT2D eigenvalue weighted by Gasteiger charge is 2.32. The Bertz CT molecular complexity index is 411. The van der Waals surface area contributed by atoms with Gasteiger partial charge in [0.15, 0.2) is 5.78 Å². The lowest BCUT2D eigenvalue weighted by atomic mass is 9.69. The van der Waals surface area contributed by atoms with E-state index >= 15 is 0 Å². The number of aliphatic hydroxyl groups excluding tert-OH is 1. The number of ketones is 1. The highest BCUT2D eigenvalue weighted by Crippen LogP contribution is 2.44. The van der Waals surface area contributed by atoms with Crippen molar-refractivity contribution in [3.05, 3.63) is 35.5 Å². The number of aliphatic hydroxyl groups is 1. The molecule has 2 heteroatoms. The molecule has 0 amide bonds. The van der Waals surface area contributed by atoms with Crippen molar-refractivity contribution in [2.24, 2.45) is 5.41 Å². The summed E-state index contributed by atoms with van der Waals surface area (Å²) in [6.45, 7) is 11.6. The zero-order valence-corrected chi connectivity index (χ0v) is 11.9. The Balaban J connectivity index is 3.35. The molecule has 2 nitrogen and oxygen atoms in total. The highest BCUT2D eigenvalue weighted by atomic mass is 16.3. The Morgan fingerprint density at radius 1 is 1.50 bits per heavy atom. The Morgan fingerprint density at radius 3 is 2.56 bits per heavy atom. The van der Waals surface area contributed by atoms with Crippen molar-refractivity contribution in [2.45, 2.75) is 53.1 Å². The molecule has 0 saturated carbocycles. The van der Waals surface area contributed by atoms with E-state index in [4.69, 9.17) is 0 Å². The molecule has 0 heterocycles. The lowest BCUT2D eigenvalue weighted by molar-refractivity contribution is -0.112. The molecule has 0 aromatic carbocycles. The van der Waals surface area contributed by atoms with Crippen molar-refractivity contribution in [3.8, 4) is 0 Å². The van der Waals surface area contributed by atoms with Gasteiger partial charge in [-0.2, -0.15) is 0 Å². The van der Waals surface area contributed by atoms with Crippen molar-refractivity contribution in [1.82, 2.24) is 0 Å². The molecule has 1 atom stereocenters. The second-order valence-corrected chi connectivity index (χ2v) is 5.78. The number of hydrogen-bond donors (Lipinski definition) is 1. The van der Waals surface area contributed by atoms with Crippen molar-refractivity contribution in [1.29, 1.82) is 0 Å². The molecule has 100 valence electrons. The van der Waals surface area contributed by atoms with Crippen LogP contribution in [-0.2, 0) is 4.79 Å². The van der Waals surface area contributed by atoms with Crippen LogP contribution in [0.25, 0.3) is 0 Å². The molecule has 1 rings (SSSR count). The van der Waals surface area contributed by atoms with Gasteiger partial charge < -0.3 is 5.11 Å². The summed E-state index contributed by atoms with van der Waals surface area (Å²) >= 11 is 0. The first kappa shape index (κ1) is 14.9. The van der Waals surface area contributed by atoms with Gasteiger partial charge in [-0.15, -0.1) is 6.58 Å². The average molecular weight is 248 g/mol. The minimum atomic E-state index is -0.767. The summed E-state index contributed by atoms with van der Waals surface area (Å²) in [4.78, 5) is 11.4. The topological polar surface area (TPSA) is 37.3 Å². The molecule has 0 aromatic rings. The maximum Gasteiger partial charge on any atom is 0.153 e. The first-order valence-corrected chi connectivity index (χ1v) is 6.53. The van der Waals surface area contributed by atoms with Crippen LogP contribution in [0.1, 0.15) is 47.0 Å². The van der Waals surface area contributed by atoms with Gasteiger partial charge in [0.05, 0.1) is 6.10 Å². The summed E-state index contributed by atoms with van der Waals surface area (Å²) in [7, 11) is 0. The number of allylic oxidation sites excluding steroid dienone is 2. The number of rotatable bonds is 4. The third-order valence-electron chi connectivity index (χ3n) is 3.65. The highest BCUT2D eigenvalue weighted by molar-refractivity contribution is 5.89. The fraction of sp³-hybridized carbons (Fsp3) is 0.562. The van der Waals surface area contributed by atoms with E-state index in [0.29, 0.717) is 0 Å². The van der Waals surface area contributed by atoms with Crippen LogP contribution in [-0.4, -0.2) is 17.0 Å². The van der Waals surface area contributed by atoms with Gasteiger partial charge in [0, 0.05) is 0 Å². The zero-order valence-electron chi connectivity index (χ0n) is 11.9. The zero-order chi connectivity index (χ0) is 13.9. The smallest absolute Gasteiger partial charge is 0.153 e. The predicted molar refractivity (Wildman–Crippen MR) is 75.3 cm³/mol. The average Bonchev–Trinajstić information content (AvgIpc) is 2.24. The van der Waals surface area contributed by atoms with Crippen LogP contribution in [0.3, 0.4) is 0 Å². The largest absolute Gasteiger partial charge is 0.384 e. The lowest BCUT2D eigenvalue weighted by Crippen LogP contribution is -2.26. The second kappa shape index (κ2) is 5.66. The van der Waals surface area contributed by atoms with Crippen LogP contribution >= 0.6 is 0 Å². The van der Waals surface area contributed by atoms with Gasteiger partial charge in [-0.3, -0.25) is 4.79 Å². The summed E-state index contributed by atoms with van der Waals surface area (Å²) in [6.07, 6.45) is 5.56. The Labute approximate surface area is 110 Å². The molecule has 0 aromatic heterocycles. The van der Waals surface area contributed by atoms with Gasteiger partial charge >= 0.3 is 0 Å². The fourth-order valence-corrected chi connectivity index (χ4v) is 2.91.